The van der Waals surface area contributed by atoms with Crippen LogP contribution in [0.2, 0.25) is 0 Å². The van der Waals surface area contributed by atoms with E-state index in [1.807, 2.05) is 12.1 Å². The lowest BCUT2D eigenvalue weighted by Gasteiger charge is -2.35. The second-order valence-corrected chi connectivity index (χ2v) is 7.22. The number of hydrogen-bond acceptors (Lipinski definition) is 3. The van der Waals surface area contributed by atoms with Crippen LogP contribution in [0.3, 0.4) is 0 Å². The summed E-state index contributed by atoms with van der Waals surface area (Å²) >= 11 is 0. The maximum atomic E-state index is 14.7. The van der Waals surface area contributed by atoms with Crippen molar-refractivity contribution >= 4 is 35.6 Å². The number of anilines is 1. The van der Waals surface area contributed by atoms with Gasteiger partial charge in [0.25, 0.3) is 0 Å². The fourth-order valence-electron chi connectivity index (χ4n) is 3.49. The number of nitrogens with one attached hydrogen (secondary N) is 2. The van der Waals surface area contributed by atoms with E-state index in [9.17, 15) is 13.2 Å². The summed E-state index contributed by atoms with van der Waals surface area (Å²) in [6.07, 6.45) is 0. The maximum Gasteiger partial charge on any atom is 0.191 e. The normalized spacial score (nSPS) is 14.9. The predicted molar refractivity (Wildman–Crippen MR) is 130 cm³/mol. The Balaban J connectivity index is 0.00000341. The van der Waals surface area contributed by atoms with Crippen molar-refractivity contribution in [3.8, 4) is 0 Å². The molecule has 0 atom stereocenters. The van der Waals surface area contributed by atoms with Gasteiger partial charge in [-0.1, -0.05) is 13.0 Å². The monoisotopic (exact) mass is 547 g/mol. The zero-order valence-electron chi connectivity index (χ0n) is 17.8. The predicted octanol–water partition coefficient (Wildman–Crippen LogP) is 3.73. The minimum absolute atomic E-state index is 0. The van der Waals surface area contributed by atoms with Gasteiger partial charge in [0.15, 0.2) is 5.96 Å². The van der Waals surface area contributed by atoms with Crippen molar-refractivity contribution in [2.75, 3.05) is 44.7 Å². The third kappa shape index (κ3) is 6.99. The van der Waals surface area contributed by atoms with Gasteiger partial charge in [0.1, 0.15) is 17.5 Å². The van der Waals surface area contributed by atoms with Crippen molar-refractivity contribution in [1.29, 1.82) is 0 Å². The lowest BCUT2D eigenvalue weighted by Crippen LogP contribution is -2.46. The highest BCUT2D eigenvalue weighted by molar-refractivity contribution is 14.0. The number of aliphatic imine (C=N–C) groups is 1. The van der Waals surface area contributed by atoms with Gasteiger partial charge in [0.05, 0.1) is 5.69 Å². The Hall–Kier alpha value is -2.01. The molecule has 0 aliphatic carbocycles. The first kappa shape index (κ1) is 25.3. The van der Waals surface area contributed by atoms with Crippen LogP contribution in [0.4, 0.5) is 18.9 Å². The van der Waals surface area contributed by atoms with Gasteiger partial charge in [-0.2, -0.15) is 0 Å². The van der Waals surface area contributed by atoms with Crippen molar-refractivity contribution < 1.29 is 13.2 Å². The van der Waals surface area contributed by atoms with E-state index in [1.54, 1.807) is 7.05 Å². The molecule has 3 rings (SSSR count). The fraction of sp³-hybridized carbons (Fsp3) is 0.409. The SMILES string of the molecule is CCN1CCN(c2ccc(CNC(=NC)NCc3cc(F)ccc3F)cc2F)CC1.I. The van der Waals surface area contributed by atoms with Crippen LogP contribution in [-0.4, -0.2) is 50.6 Å². The molecular weight excluding hydrogens is 518 g/mol. The molecule has 5 nitrogen and oxygen atoms in total. The summed E-state index contributed by atoms with van der Waals surface area (Å²) in [4.78, 5) is 8.49. The first-order valence-electron chi connectivity index (χ1n) is 10.1. The molecule has 0 aromatic heterocycles. The van der Waals surface area contributed by atoms with Crippen LogP contribution in [-0.2, 0) is 13.1 Å². The highest BCUT2D eigenvalue weighted by Gasteiger charge is 2.18. The molecule has 170 valence electrons. The van der Waals surface area contributed by atoms with Gasteiger partial charge in [-0.15, -0.1) is 24.0 Å². The van der Waals surface area contributed by atoms with Gasteiger partial charge < -0.3 is 20.4 Å². The standard InChI is InChI=1S/C22H28F3N5.HI/c1-3-29-8-10-30(11-9-29)21-7-4-16(12-20(21)25)14-27-22(26-2)28-15-17-13-18(23)5-6-19(17)24;/h4-7,12-13H,3,8-11,14-15H2,1-2H3,(H2,26,27,28);1H. The molecule has 0 unspecified atom stereocenters. The molecule has 1 aliphatic rings. The van der Waals surface area contributed by atoms with E-state index >= 15 is 0 Å². The number of halogens is 4. The number of likely N-dealkylation sites (N-methyl/N-ethyl adjacent to an activating group) is 1. The molecule has 31 heavy (non-hydrogen) atoms. The number of guanidine groups is 1. The van der Waals surface area contributed by atoms with Gasteiger partial charge in [0.2, 0.25) is 0 Å². The Morgan fingerprint density at radius 3 is 2.29 bits per heavy atom. The van der Waals surface area contributed by atoms with E-state index < -0.39 is 11.6 Å². The van der Waals surface area contributed by atoms with Gasteiger partial charge in [0, 0.05) is 51.9 Å². The molecule has 2 aromatic carbocycles. The lowest BCUT2D eigenvalue weighted by molar-refractivity contribution is 0.270. The zero-order chi connectivity index (χ0) is 21.5. The Labute approximate surface area is 198 Å². The van der Waals surface area contributed by atoms with Crippen LogP contribution in [0.1, 0.15) is 18.1 Å². The third-order valence-corrected chi connectivity index (χ3v) is 5.31. The van der Waals surface area contributed by atoms with Crippen molar-refractivity contribution in [2.45, 2.75) is 20.0 Å². The number of rotatable bonds is 6. The van der Waals surface area contributed by atoms with E-state index in [4.69, 9.17) is 0 Å². The van der Waals surface area contributed by atoms with Crippen LogP contribution >= 0.6 is 24.0 Å². The molecule has 1 aliphatic heterocycles. The van der Waals surface area contributed by atoms with Crippen LogP contribution < -0.4 is 15.5 Å². The summed E-state index contributed by atoms with van der Waals surface area (Å²) in [5.41, 5.74) is 1.60. The average Bonchev–Trinajstić information content (AvgIpc) is 2.76. The average molecular weight is 547 g/mol. The smallest absolute Gasteiger partial charge is 0.191 e. The van der Waals surface area contributed by atoms with Crippen LogP contribution in [0.5, 0.6) is 0 Å². The van der Waals surface area contributed by atoms with Crippen molar-refractivity contribution in [2.24, 2.45) is 4.99 Å². The first-order valence-corrected chi connectivity index (χ1v) is 10.1. The minimum Gasteiger partial charge on any atom is -0.367 e. The van der Waals surface area contributed by atoms with Crippen molar-refractivity contribution in [1.82, 2.24) is 15.5 Å². The summed E-state index contributed by atoms with van der Waals surface area (Å²) in [6, 6.07) is 8.53. The summed E-state index contributed by atoms with van der Waals surface area (Å²) in [5, 5.41) is 6.00. The molecule has 0 radical (unpaired) electrons. The third-order valence-electron chi connectivity index (χ3n) is 5.31. The largest absolute Gasteiger partial charge is 0.367 e. The molecule has 0 bridgehead atoms. The van der Waals surface area contributed by atoms with Crippen LogP contribution in [0.25, 0.3) is 0 Å². The van der Waals surface area contributed by atoms with Crippen LogP contribution in [0.15, 0.2) is 41.4 Å². The summed E-state index contributed by atoms with van der Waals surface area (Å²) in [5.74, 6) is -0.817. The van der Waals surface area contributed by atoms with Crippen molar-refractivity contribution in [3.63, 3.8) is 0 Å². The van der Waals surface area contributed by atoms with Gasteiger partial charge >= 0.3 is 0 Å². The van der Waals surface area contributed by atoms with E-state index in [0.29, 0.717) is 18.2 Å². The highest BCUT2D eigenvalue weighted by Crippen LogP contribution is 2.22. The summed E-state index contributed by atoms with van der Waals surface area (Å²) in [6.45, 7) is 7.09. The van der Waals surface area contributed by atoms with Gasteiger partial charge in [-0.05, 0) is 42.4 Å². The molecule has 0 amide bonds. The zero-order valence-corrected chi connectivity index (χ0v) is 20.1. The molecule has 1 saturated heterocycles. The Kier molecular flexibility index (Phi) is 9.89. The van der Waals surface area contributed by atoms with Gasteiger partial charge in [-0.3, -0.25) is 4.99 Å². The van der Waals surface area contributed by atoms with Gasteiger partial charge in [-0.25, -0.2) is 13.2 Å². The second kappa shape index (κ2) is 12.1. The Bertz CT molecular complexity index is 885. The Morgan fingerprint density at radius 1 is 0.935 bits per heavy atom. The molecular formula is C22H29F3IN5. The quantitative estimate of drug-likeness (QED) is 0.329. The topological polar surface area (TPSA) is 42.9 Å². The molecule has 1 fully saturated rings. The van der Waals surface area contributed by atoms with E-state index in [1.165, 1.54) is 6.07 Å². The maximum absolute atomic E-state index is 14.7. The number of nitrogens with zero attached hydrogens (tertiary/aromatic N) is 3. The van der Waals surface area contributed by atoms with E-state index in [2.05, 4.69) is 32.3 Å². The molecule has 0 spiro atoms. The molecule has 9 heteroatoms. The van der Waals surface area contributed by atoms with Crippen molar-refractivity contribution in [3.05, 3.63) is 65.0 Å². The first-order chi connectivity index (χ1) is 14.5. The molecule has 2 N–H and O–H groups in total. The molecule has 1 heterocycles. The number of piperazine rings is 1. The highest BCUT2D eigenvalue weighted by atomic mass is 127. The fourth-order valence-corrected chi connectivity index (χ4v) is 3.49. The minimum atomic E-state index is -0.497. The molecule has 2 aromatic rings. The summed E-state index contributed by atoms with van der Waals surface area (Å²) in [7, 11) is 1.58. The van der Waals surface area contributed by atoms with E-state index in [-0.39, 0.29) is 41.9 Å². The van der Waals surface area contributed by atoms with E-state index in [0.717, 1.165) is 56.5 Å². The summed E-state index contributed by atoms with van der Waals surface area (Å²) < 4.78 is 41.7. The number of benzene rings is 2. The lowest BCUT2D eigenvalue weighted by atomic mass is 10.1. The Morgan fingerprint density at radius 2 is 1.65 bits per heavy atom. The number of hydrogen-bond donors (Lipinski definition) is 2. The van der Waals surface area contributed by atoms with Crippen LogP contribution in [0, 0.1) is 17.5 Å². The second-order valence-electron chi connectivity index (χ2n) is 7.22. The molecule has 0 saturated carbocycles.